The van der Waals surface area contributed by atoms with Crippen molar-refractivity contribution in [3.8, 4) is 0 Å². The molecule has 3 N–H and O–H groups in total. The molecule has 0 amide bonds. The van der Waals surface area contributed by atoms with Gasteiger partial charge in [-0.25, -0.2) is 9.78 Å². The van der Waals surface area contributed by atoms with Gasteiger partial charge in [-0.15, -0.1) is 0 Å². The molecule has 0 saturated carbocycles. The third-order valence-corrected chi connectivity index (χ3v) is 3.71. The fourth-order valence-electron chi connectivity index (χ4n) is 2.65. The Labute approximate surface area is 118 Å². The molecular formula is C14H21N3O3. The van der Waals surface area contributed by atoms with Gasteiger partial charge in [-0.05, 0) is 31.7 Å². The van der Waals surface area contributed by atoms with E-state index in [4.69, 9.17) is 15.6 Å². The molecule has 1 saturated heterocycles. The number of aliphatic hydroxyl groups excluding tert-OH is 1. The predicted molar refractivity (Wildman–Crippen MR) is 76.7 cm³/mol. The molecule has 0 aliphatic carbocycles. The van der Waals surface area contributed by atoms with E-state index < -0.39 is 5.97 Å². The third-order valence-electron chi connectivity index (χ3n) is 3.71. The summed E-state index contributed by atoms with van der Waals surface area (Å²) in [6.45, 7) is 1.03. The Morgan fingerprint density at radius 1 is 1.60 bits per heavy atom. The molecule has 1 fully saturated rings. The lowest BCUT2D eigenvalue weighted by Gasteiger charge is -2.36. The largest absolute Gasteiger partial charge is 0.465 e. The number of hydrogen-bond donors (Lipinski definition) is 2. The van der Waals surface area contributed by atoms with Gasteiger partial charge in [0.1, 0.15) is 5.82 Å². The minimum absolute atomic E-state index is 0.153. The maximum absolute atomic E-state index is 11.7. The first-order valence-corrected chi connectivity index (χ1v) is 6.88. The van der Waals surface area contributed by atoms with Crippen LogP contribution in [0.2, 0.25) is 0 Å². The lowest BCUT2D eigenvalue weighted by atomic mass is 9.99. The monoisotopic (exact) mass is 279 g/mol. The van der Waals surface area contributed by atoms with E-state index in [1.807, 2.05) is 0 Å². The van der Waals surface area contributed by atoms with E-state index in [2.05, 4.69) is 9.88 Å². The number of pyridine rings is 1. The molecule has 6 heteroatoms. The first kappa shape index (κ1) is 14.6. The molecule has 1 aliphatic heterocycles. The van der Waals surface area contributed by atoms with Gasteiger partial charge in [-0.2, -0.15) is 0 Å². The molecule has 0 bridgehead atoms. The number of anilines is 2. The summed E-state index contributed by atoms with van der Waals surface area (Å²) >= 11 is 0. The molecule has 2 rings (SSSR count). The molecule has 0 spiro atoms. The third kappa shape index (κ3) is 3.01. The number of nitrogen functional groups attached to an aromatic ring is 1. The van der Waals surface area contributed by atoms with Crippen LogP contribution in [0.5, 0.6) is 0 Å². The van der Waals surface area contributed by atoms with Gasteiger partial charge in [0, 0.05) is 19.2 Å². The van der Waals surface area contributed by atoms with Gasteiger partial charge in [-0.1, -0.05) is 0 Å². The quantitative estimate of drug-likeness (QED) is 0.805. The van der Waals surface area contributed by atoms with Gasteiger partial charge in [0.25, 0.3) is 0 Å². The Morgan fingerprint density at radius 2 is 2.40 bits per heavy atom. The number of methoxy groups -OCH3 is 1. The van der Waals surface area contributed by atoms with E-state index in [0.717, 1.165) is 31.6 Å². The summed E-state index contributed by atoms with van der Waals surface area (Å²) in [6.07, 6.45) is 5.47. The number of carbonyl (C=O) groups is 1. The van der Waals surface area contributed by atoms with Crippen molar-refractivity contribution < 1.29 is 14.6 Å². The standard InChI is InChI=1S/C14H21N3O3/c1-20-14(19)11-8-13(16-9-12(11)15)17-6-3-2-4-10(17)5-7-18/h8-10,18H,2-7,15H2,1H3. The SMILES string of the molecule is COC(=O)c1cc(N2CCCCC2CCO)ncc1N. The average Bonchev–Trinajstić information content (AvgIpc) is 2.48. The van der Waals surface area contributed by atoms with Crippen LogP contribution in [0.1, 0.15) is 36.0 Å². The van der Waals surface area contributed by atoms with Crippen LogP contribution in [0.15, 0.2) is 12.3 Å². The van der Waals surface area contributed by atoms with Gasteiger partial charge in [0.2, 0.25) is 0 Å². The van der Waals surface area contributed by atoms with Gasteiger partial charge in [0.05, 0.1) is 24.6 Å². The Kier molecular flexibility index (Phi) is 4.79. The van der Waals surface area contributed by atoms with Crippen LogP contribution in [0, 0.1) is 0 Å². The number of ether oxygens (including phenoxy) is 1. The molecule has 6 nitrogen and oxygen atoms in total. The second-order valence-corrected chi connectivity index (χ2v) is 4.98. The first-order chi connectivity index (χ1) is 9.67. The van der Waals surface area contributed by atoms with Crippen molar-refractivity contribution in [2.45, 2.75) is 31.7 Å². The number of aromatic nitrogens is 1. The van der Waals surface area contributed by atoms with Gasteiger partial charge in [-0.3, -0.25) is 0 Å². The summed E-state index contributed by atoms with van der Waals surface area (Å²) in [5.41, 5.74) is 6.42. The van der Waals surface area contributed by atoms with E-state index in [1.54, 1.807) is 6.07 Å². The Bertz CT molecular complexity index is 477. The van der Waals surface area contributed by atoms with Gasteiger partial charge >= 0.3 is 5.97 Å². The molecule has 2 heterocycles. The molecule has 1 aromatic heterocycles. The van der Waals surface area contributed by atoms with Crippen LogP contribution in [0.4, 0.5) is 11.5 Å². The maximum Gasteiger partial charge on any atom is 0.340 e. The lowest BCUT2D eigenvalue weighted by Crippen LogP contribution is -2.40. The van der Waals surface area contributed by atoms with Crippen molar-refractivity contribution in [2.24, 2.45) is 0 Å². The highest BCUT2D eigenvalue weighted by atomic mass is 16.5. The van der Waals surface area contributed by atoms with Crippen molar-refractivity contribution in [1.29, 1.82) is 0 Å². The fraction of sp³-hybridized carbons (Fsp3) is 0.571. The number of nitrogens with two attached hydrogens (primary N) is 1. The maximum atomic E-state index is 11.7. The number of rotatable bonds is 4. The first-order valence-electron chi connectivity index (χ1n) is 6.88. The summed E-state index contributed by atoms with van der Waals surface area (Å²) < 4.78 is 4.73. The summed E-state index contributed by atoms with van der Waals surface area (Å²) in [5, 5.41) is 9.17. The zero-order chi connectivity index (χ0) is 14.5. The van der Waals surface area contributed by atoms with Crippen molar-refractivity contribution >= 4 is 17.5 Å². The number of hydrogen-bond acceptors (Lipinski definition) is 6. The highest BCUT2D eigenvalue weighted by Gasteiger charge is 2.24. The van der Waals surface area contributed by atoms with Gasteiger partial charge in [0.15, 0.2) is 0 Å². The van der Waals surface area contributed by atoms with E-state index in [-0.39, 0.29) is 12.6 Å². The minimum Gasteiger partial charge on any atom is -0.465 e. The normalized spacial score (nSPS) is 18.9. The van der Waals surface area contributed by atoms with Crippen LogP contribution in [-0.2, 0) is 4.74 Å². The zero-order valence-electron chi connectivity index (χ0n) is 11.7. The van der Waals surface area contributed by atoms with Crippen LogP contribution in [0.3, 0.4) is 0 Å². The number of esters is 1. The van der Waals surface area contributed by atoms with E-state index in [1.165, 1.54) is 13.3 Å². The smallest absolute Gasteiger partial charge is 0.340 e. The zero-order valence-corrected chi connectivity index (χ0v) is 11.7. The van der Waals surface area contributed by atoms with Crippen molar-refractivity contribution in [2.75, 3.05) is 30.9 Å². The predicted octanol–water partition coefficient (Wildman–Crippen LogP) is 1.19. The highest BCUT2D eigenvalue weighted by molar-refractivity contribution is 5.95. The van der Waals surface area contributed by atoms with Crippen LogP contribution < -0.4 is 10.6 Å². The lowest BCUT2D eigenvalue weighted by molar-refractivity contribution is 0.0602. The van der Waals surface area contributed by atoms with E-state index >= 15 is 0 Å². The fourth-order valence-corrected chi connectivity index (χ4v) is 2.65. The van der Waals surface area contributed by atoms with Crippen molar-refractivity contribution in [3.63, 3.8) is 0 Å². The molecule has 1 atom stereocenters. The van der Waals surface area contributed by atoms with Crippen molar-refractivity contribution in [1.82, 2.24) is 4.98 Å². The van der Waals surface area contributed by atoms with E-state index in [9.17, 15) is 4.79 Å². The van der Waals surface area contributed by atoms with Crippen LogP contribution >= 0.6 is 0 Å². The summed E-state index contributed by atoms with van der Waals surface area (Å²) in [4.78, 5) is 18.2. The van der Waals surface area contributed by atoms with Crippen LogP contribution in [0.25, 0.3) is 0 Å². The highest BCUT2D eigenvalue weighted by Crippen LogP contribution is 2.27. The second-order valence-electron chi connectivity index (χ2n) is 4.98. The second kappa shape index (κ2) is 6.56. The molecular weight excluding hydrogens is 258 g/mol. The summed E-state index contributed by atoms with van der Waals surface area (Å²) in [7, 11) is 1.33. The van der Waals surface area contributed by atoms with Gasteiger partial charge < -0.3 is 20.5 Å². The van der Waals surface area contributed by atoms with Crippen molar-refractivity contribution in [3.05, 3.63) is 17.8 Å². The molecule has 1 unspecified atom stereocenters. The molecule has 1 aromatic rings. The average molecular weight is 279 g/mol. The molecule has 110 valence electrons. The Morgan fingerprint density at radius 3 is 3.10 bits per heavy atom. The number of nitrogens with zero attached hydrogens (tertiary/aromatic N) is 2. The number of aliphatic hydroxyl groups is 1. The molecule has 20 heavy (non-hydrogen) atoms. The summed E-state index contributed by atoms with van der Waals surface area (Å²) in [6, 6.07) is 1.94. The van der Waals surface area contributed by atoms with E-state index in [0.29, 0.717) is 17.7 Å². The number of carbonyl (C=O) groups excluding carboxylic acids is 1. The molecule has 0 aromatic carbocycles. The number of piperidine rings is 1. The topological polar surface area (TPSA) is 88.7 Å². The Balaban J connectivity index is 2.28. The van der Waals surface area contributed by atoms with Crippen LogP contribution in [-0.4, -0.2) is 42.4 Å². The molecule has 1 aliphatic rings. The minimum atomic E-state index is -0.457. The Hall–Kier alpha value is -1.82. The summed E-state index contributed by atoms with van der Waals surface area (Å²) in [5.74, 6) is 0.264. The molecule has 0 radical (unpaired) electrons.